The van der Waals surface area contributed by atoms with Crippen LogP contribution in [-0.2, 0) is 4.79 Å². The van der Waals surface area contributed by atoms with Crippen LogP contribution in [0.25, 0.3) is 10.9 Å². The lowest BCUT2D eigenvalue weighted by atomic mass is 10.2. The van der Waals surface area contributed by atoms with Gasteiger partial charge in [0.1, 0.15) is 0 Å². The van der Waals surface area contributed by atoms with E-state index >= 15 is 0 Å². The highest BCUT2D eigenvalue weighted by Crippen LogP contribution is 2.16. The van der Waals surface area contributed by atoms with Crippen LogP contribution >= 0.6 is 0 Å². The number of anilines is 1. The topological polar surface area (TPSA) is 54.0 Å². The summed E-state index contributed by atoms with van der Waals surface area (Å²) >= 11 is 0. The summed E-state index contributed by atoms with van der Waals surface area (Å²) in [6, 6.07) is 8.69. The number of aromatic nitrogens is 1. The smallest absolute Gasteiger partial charge is 0.325 e. The highest BCUT2D eigenvalue weighted by atomic mass is 19.4. The fraction of sp³-hybridized carbons (Fsp3) is 0.231. The molecule has 2 aromatic rings. The molecule has 0 aliphatic rings. The lowest BCUT2D eigenvalue weighted by Crippen LogP contribution is -2.35. The Hall–Kier alpha value is -2.15. The van der Waals surface area contributed by atoms with E-state index in [0.29, 0.717) is 5.69 Å². The summed E-state index contributed by atoms with van der Waals surface area (Å²) in [4.78, 5) is 15.6. The molecule has 7 heteroatoms. The number of nitrogens with zero attached hydrogens (tertiary/aromatic N) is 1. The zero-order valence-electron chi connectivity index (χ0n) is 10.4. The third-order valence-corrected chi connectivity index (χ3v) is 2.50. The van der Waals surface area contributed by atoms with Gasteiger partial charge < -0.3 is 10.6 Å². The number of pyridine rings is 1. The predicted octanol–water partition coefficient (Wildman–Crippen LogP) is 2.33. The van der Waals surface area contributed by atoms with Crippen LogP contribution in [0.3, 0.4) is 0 Å². The quantitative estimate of drug-likeness (QED) is 0.905. The van der Waals surface area contributed by atoms with Crippen LogP contribution in [0.2, 0.25) is 0 Å². The van der Waals surface area contributed by atoms with Crippen molar-refractivity contribution in [2.45, 2.75) is 6.18 Å². The Kier molecular flexibility index (Phi) is 4.19. The van der Waals surface area contributed by atoms with E-state index in [9.17, 15) is 18.0 Å². The van der Waals surface area contributed by atoms with Crippen LogP contribution in [0.5, 0.6) is 0 Å². The van der Waals surface area contributed by atoms with Gasteiger partial charge in [0.15, 0.2) is 0 Å². The molecule has 0 fully saturated rings. The largest absolute Gasteiger partial charge is 0.401 e. The predicted molar refractivity (Wildman–Crippen MR) is 69.3 cm³/mol. The summed E-state index contributed by atoms with van der Waals surface area (Å²) < 4.78 is 35.7. The lowest BCUT2D eigenvalue weighted by molar-refractivity contribution is -0.126. The van der Waals surface area contributed by atoms with E-state index in [2.05, 4.69) is 10.3 Å². The minimum Gasteiger partial charge on any atom is -0.325 e. The summed E-state index contributed by atoms with van der Waals surface area (Å²) in [6.45, 7) is -1.59. The summed E-state index contributed by atoms with van der Waals surface area (Å²) in [5, 5.41) is 5.40. The Morgan fingerprint density at radius 1 is 1.25 bits per heavy atom. The van der Waals surface area contributed by atoms with Crippen molar-refractivity contribution in [3.63, 3.8) is 0 Å². The second-order valence-corrected chi connectivity index (χ2v) is 4.18. The van der Waals surface area contributed by atoms with Crippen LogP contribution in [0, 0.1) is 0 Å². The first-order valence-electron chi connectivity index (χ1n) is 5.86. The van der Waals surface area contributed by atoms with Crippen LogP contribution < -0.4 is 10.6 Å². The fourth-order valence-electron chi connectivity index (χ4n) is 1.68. The van der Waals surface area contributed by atoms with Gasteiger partial charge in [-0.1, -0.05) is 6.07 Å². The van der Waals surface area contributed by atoms with E-state index in [1.165, 1.54) is 0 Å². The maximum Gasteiger partial charge on any atom is 0.401 e. The lowest BCUT2D eigenvalue weighted by Gasteiger charge is -2.09. The number of nitrogens with one attached hydrogen (secondary N) is 2. The number of hydrogen-bond donors (Lipinski definition) is 2. The van der Waals surface area contributed by atoms with Gasteiger partial charge in [-0.05, 0) is 24.3 Å². The Morgan fingerprint density at radius 3 is 2.80 bits per heavy atom. The molecule has 1 heterocycles. The minimum atomic E-state index is -4.32. The molecular formula is C13H12F3N3O. The van der Waals surface area contributed by atoms with Crippen molar-refractivity contribution in [1.82, 2.24) is 10.3 Å². The second kappa shape index (κ2) is 5.87. The molecule has 1 aromatic heterocycles. The second-order valence-electron chi connectivity index (χ2n) is 4.18. The van der Waals surface area contributed by atoms with Crippen molar-refractivity contribution in [1.29, 1.82) is 0 Å². The average Bonchev–Trinajstić information content (AvgIpc) is 2.37. The molecule has 4 nitrogen and oxygen atoms in total. The molecule has 0 bridgehead atoms. The Bertz CT molecular complexity index is 613. The standard InChI is InChI=1S/C13H12F3N3O/c14-13(15,16)8-17-7-12(20)19-10-3-4-11-9(6-10)2-1-5-18-11/h1-6,17H,7-8H2,(H,19,20). The molecule has 0 spiro atoms. The molecule has 0 aliphatic carbocycles. The Balaban J connectivity index is 1.92. The highest BCUT2D eigenvalue weighted by molar-refractivity contribution is 5.94. The van der Waals surface area contributed by atoms with Gasteiger partial charge in [-0.3, -0.25) is 9.78 Å². The van der Waals surface area contributed by atoms with Crippen molar-refractivity contribution < 1.29 is 18.0 Å². The number of carbonyl (C=O) groups excluding carboxylic acids is 1. The van der Waals surface area contributed by atoms with Gasteiger partial charge in [-0.2, -0.15) is 13.2 Å². The first-order chi connectivity index (χ1) is 9.44. The molecule has 1 amide bonds. The van der Waals surface area contributed by atoms with E-state index < -0.39 is 25.2 Å². The number of rotatable bonds is 4. The molecule has 20 heavy (non-hydrogen) atoms. The average molecular weight is 283 g/mol. The third kappa shape index (κ3) is 4.20. The minimum absolute atomic E-state index is 0.398. The summed E-state index contributed by atoms with van der Waals surface area (Å²) in [5.74, 6) is -0.530. The zero-order chi connectivity index (χ0) is 14.6. The Labute approximate surface area is 113 Å². The number of fused-ring (bicyclic) bond motifs is 1. The number of carbonyl (C=O) groups is 1. The first-order valence-corrected chi connectivity index (χ1v) is 5.86. The number of benzene rings is 1. The molecule has 2 N–H and O–H groups in total. The van der Waals surface area contributed by atoms with Gasteiger partial charge in [0, 0.05) is 17.3 Å². The summed E-state index contributed by atoms with van der Waals surface area (Å²) in [7, 11) is 0. The SMILES string of the molecule is O=C(CNCC(F)(F)F)Nc1ccc2ncccc2c1. The molecule has 0 saturated heterocycles. The molecule has 106 valence electrons. The van der Waals surface area contributed by atoms with Crippen molar-refractivity contribution >= 4 is 22.5 Å². The van der Waals surface area contributed by atoms with Gasteiger partial charge in [-0.15, -0.1) is 0 Å². The molecule has 0 aliphatic heterocycles. The number of hydrogen-bond acceptors (Lipinski definition) is 3. The molecule has 0 unspecified atom stereocenters. The van der Waals surface area contributed by atoms with E-state index in [4.69, 9.17) is 0 Å². The van der Waals surface area contributed by atoms with Crippen LogP contribution in [0.4, 0.5) is 18.9 Å². The zero-order valence-corrected chi connectivity index (χ0v) is 10.4. The molecule has 0 saturated carbocycles. The number of halogens is 3. The number of alkyl halides is 3. The van der Waals surface area contributed by atoms with E-state index in [1.807, 2.05) is 11.4 Å². The van der Waals surface area contributed by atoms with Gasteiger partial charge in [0.05, 0.1) is 18.6 Å². The van der Waals surface area contributed by atoms with E-state index in [1.54, 1.807) is 30.5 Å². The van der Waals surface area contributed by atoms with Crippen molar-refractivity contribution in [3.05, 3.63) is 36.5 Å². The monoisotopic (exact) mass is 283 g/mol. The van der Waals surface area contributed by atoms with Crippen molar-refractivity contribution in [3.8, 4) is 0 Å². The molecule has 1 aromatic carbocycles. The summed E-state index contributed by atoms with van der Waals surface area (Å²) in [6.07, 6.45) is -2.67. The van der Waals surface area contributed by atoms with Crippen LogP contribution in [0.1, 0.15) is 0 Å². The van der Waals surface area contributed by atoms with Gasteiger partial charge in [-0.25, -0.2) is 0 Å². The maximum absolute atomic E-state index is 11.9. The number of amides is 1. The maximum atomic E-state index is 11.9. The first kappa shape index (κ1) is 14.3. The molecule has 2 rings (SSSR count). The Morgan fingerprint density at radius 2 is 2.05 bits per heavy atom. The molecule has 0 radical (unpaired) electrons. The summed E-state index contributed by atoms with van der Waals surface area (Å²) in [5.41, 5.74) is 1.30. The van der Waals surface area contributed by atoms with Crippen molar-refractivity contribution in [2.24, 2.45) is 0 Å². The van der Waals surface area contributed by atoms with Crippen LogP contribution in [-0.4, -0.2) is 30.2 Å². The van der Waals surface area contributed by atoms with Crippen molar-refractivity contribution in [2.75, 3.05) is 18.4 Å². The van der Waals surface area contributed by atoms with Crippen LogP contribution in [0.15, 0.2) is 36.5 Å². The molecule has 0 atom stereocenters. The van der Waals surface area contributed by atoms with Gasteiger partial charge >= 0.3 is 6.18 Å². The van der Waals surface area contributed by atoms with Gasteiger partial charge in [0.2, 0.25) is 5.91 Å². The third-order valence-electron chi connectivity index (χ3n) is 2.50. The molecular weight excluding hydrogens is 271 g/mol. The van der Waals surface area contributed by atoms with Gasteiger partial charge in [0.25, 0.3) is 0 Å². The van der Waals surface area contributed by atoms with E-state index in [0.717, 1.165) is 10.9 Å². The fourth-order valence-corrected chi connectivity index (χ4v) is 1.68. The highest BCUT2D eigenvalue weighted by Gasteiger charge is 2.26. The van der Waals surface area contributed by atoms with E-state index in [-0.39, 0.29) is 0 Å². The normalized spacial score (nSPS) is 11.6.